The van der Waals surface area contributed by atoms with Crippen LogP contribution in [-0.2, 0) is 32.7 Å². The fraction of sp³-hybridized carbons (Fsp3) is 0.421. The first kappa shape index (κ1) is 21.2. The second kappa shape index (κ2) is 9.35. The number of benzene rings is 1. The molecule has 1 aliphatic rings. The zero-order valence-corrected chi connectivity index (χ0v) is 16.7. The fourth-order valence-corrected chi connectivity index (χ4v) is 2.99. The first-order valence-electron chi connectivity index (χ1n) is 9.42. The highest BCUT2D eigenvalue weighted by Crippen LogP contribution is 2.15. The number of ether oxygens (including phenoxy) is 2. The van der Waals surface area contributed by atoms with Crippen LogP contribution >= 0.6 is 0 Å². The molecular formula is C19H23N4O7+. The molecule has 0 spiro atoms. The lowest BCUT2D eigenvalue weighted by Gasteiger charge is -2.30. The SMILES string of the molecule is CCOC(=O)c1ccc(NC(=O)CC2OCCN(Cc3c(=O)o[nH][n+]3C)C2=O)cc1. The van der Waals surface area contributed by atoms with Gasteiger partial charge in [-0.05, 0) is 36.5 Å². The number of hydrogen-bond donors (Lipinski definition) is 2. The Morgan fingerprint density at radius 2 is 2.03 bits per heavy atom. The van der Waals surface area contributed by atoms with Crippen molar-refractivity contribution in [2.75, 3.05) is 25.1 Å². The van der Waals surface area contributed by atoms with Crippen LogP contribution in [0.25, 0.3) is 0 Å². The van der Waals surface area contributed by atoms with Crippen LogP contribution < -0.4 is 15.6 Å². The summed E-state index contributed by atoms with van der Waals surface area (Å²) in [7, 11) is 1.60. The van der Waals surface area contributed by atoms with Crippen LogP contribution in [0.1, 0.15) is 29.4 Å². The second-order valence-corrected chi connectivity index (χ2v) is 6.66. The lowest BCUT2D eigenvalue weighted by Crippen LogP contribution is -2.50. The third-order valence-corrected chi connectivity index (χ3v) is 4.57. The molecular weight excluding hydrogens is 396 g/mol. The topological polar surface area (TPSA) is 135 Å². The van der Waals surface area contributed by atoms with E-state index in [1.165, 1.54) is 9.58 Å². The fourth-order valence-electron chi connectivity index (χ4n) is 2.99. The summed E-state index contributed by atoms with van der Waals surface area (Å²) in [5.41, 5.74) is 0.580. The average molecular weight is 419 g/mol. The normalized spacial score (nSPS) is 16.4. The summed E-state index contributed by atoms with van der Waals surface area (Å²) in [4.78, 5) is 49.8. The van der Waals surface area contributed by atoms with Gasteiger partial charge in [-0.15, -0.1) is 0 Å². The number of carbonyl (C=O) groups excluding carboxylic acids is 3. The summed E-state index contributed by atoms with van der Waals surface area (Å²) in [5.74, 6) is -1.23. The first-order chi connectivity index (χ1) is 14.4. The Hall–Kier alpha value is -3.47. The minimum atomic E-state index is -0.950. The van der Waals surface area contributed by atoms with E-state index < -0.39 is 23.6 Å². The zero-order chi connectivity index (χ0) is 21.7. The molecule has 2 N–H and O–H groups in total. The Labute approximate surface area is 171 Å². The van der Waals surface area contributed by atoms with Crippen molar-refractivity contribution in [3.63, 3.8) is 0 Å². The van der Waals surface area contributed by atoms with Crippen LogP contribution in [0.4, 0.5) is 5.69 Å². The minimum absolute atomic E-state index is 0.0535. The Kier molecular flexibility index (Phi) is 6.62. The third-order valence-electron chi connectivity index (χ3n) is 4.57. The Morgan fingerprint density at radius 3 is 2.67 bits per heavy atom. The van der Waals surface area contributed by atoms with E-state index in [0.29, 0.717) is 17.8 Å². The number of anilines is 1. The van der Waals surface area contributed by atoms with Crippen LogP contribution in [0.2, 0.25) is 0 Å². The molecule has 0 radical (unpaired) electrons. The smallest absolute Gasteiger partial charge is 0.431 e. The number of amides is 2. The van der Waals surface area contributed by atoms with Crippen LogP contribution in [0, 0.1) is 0 Å². The maximum Gasteiger partial charge on any atom is 0.431 e. The highest BCUT2D eigenvalue weighted by Gasteiger charge is 2.34. The number of nitrogens with one attached hydrogen (secondary N) is 2. The van der Waals surface area contributed by atoms with Crippen molar-refractivity contribution in [3.05, 3.63) is 45.9 Å². The number of morpholine rings is 1. The van der Waals surface area contributed by atoms with Gasteiger partial charge in [0, 0.05) is 12.2 Å². The largest absolute Gasteiger partial charge is 0.462 e. The maximum absolute atomic E-state index is 12.7. The van der Waals surface area contributed by atoms with Gasteiger partial charge < -0.3 is 19.7 Å². The van der Waals surface area contributed by atoms with E-state index >= 15 is 0 Å². The van der Waals surface area contributed by atoms with Gasteiger partial charge in [-0.1, -0.05) is 4.68 Å². The molecule has 1 saturated heterocycles. The van der Waals surface area contributed by atoms with Gasteiger partial charge in [0.1, 0.15) is 12.6 Å². The summed E-state index contributed by atoms with van der Waals surface area (Å²) in [6.07, 6.45) is -1.13. The molecule has 0 saturated carbocycles. The van der Waals surface area contributed by atoms with Gasteiger partial charge in [0.2, 0.25) is 5.91 Å². The van der Waals surface area contributed by atoms with E-state index in [1.807, 2.05) is 0 Å². The molecule has 1 aliphatic heterocycles. The second-order valence-electron chi connectivity index (χ2n) is 6.66. The maximum atomic E-state index is 12.7. The summed E-state index contributed by atoms with van der Waals surface area (Å²) < 4.78 is 16.4. The number of nitrogens with zero attached hydrogens (tertiary/aromatic N) is 2. The Bertz CT molecular complexity index is 980. The van der Waals surface area contributed by atoms with Gasteiger partial charge in [0.25, 0.3) is 5.91 Å². The van der Waals surface area contributed by atoms with Crippen LogP contribution in [0.15, 0.2) is 33.6 Å². The Balaban J connectivity index is 1.57. The van der Waals surface area contributed by atoms with E-state index in [1.54, 1.807) is 38.2 Å². The molecule has 2 amide bonds. The van der Waals surface area contributed by atoms with E-state index in [9.17, 15) is 19.2 Å². The molecule has 2 heterocycles. The molecule has 3 rings (SSSR count). The van der Waals surface area contributed by atoms with E-state index in [0.717, 1.165) is 0 Å². The van der Waals surface area contributed by atoms with Crippen molar-refractivity contribution >= 4 is 23.5 Å². The number of esters is 1. The van der Waals surface area contributed by atoms with Gasteiger partial charge in [0.15, 0.2) is 7.05 Å². The molecule has 160 valence electrons. The van der Waals surface area contributed by atoms with Gasteiger partial charge in [0.05, 0.1) is 25.2 Å². The summed E-state index contributed by atoms with van der Waals surface area (Å²) in [6.45, 7) is 2.60. The molecule has 1 fully saturated rings. The van der Waals surface area contributed by atoms with Crippen LogP contribution in [0.5, 0.6) is 0 Å². The molecule has 11 nitrogen and oxygen atoms in total. The van der Waals surface area contributed by atoms with Crippen molar-refractivity contribution in [1.29, 1.82) is 0 Å². The summed E-state index contributed by atoms with van der Waals surface area (Å²) in [6, 6.07) is 6.23. The number of rotatable bonds is 7. The average Bonchev–Trinajstić information content (AvgIpc) is 3.03. The number of aromatic amines is 1. The molecule has 2 aromatic rings. The quantitative estimate of drug-likeness (QED) is 0.466. The minimum Gasteiger partial charge on any atom is -0.462 e. The molecule has 1 atom stereocenters. The predicted octanol–water partition coefficient (Wildman–Crippen LogP) is -0.275. The molecule has 30 heavy (non-hydrogen) atoms. The number of aromatic nitrogens is 2. The zero-order valence-electron chi connectivity index (χ0n) is 16.7. The van der Waals surface area contributed by atoms with Gasteiger partial charge in [-0.25, -0.2) is 9.59 Å². The van der Waals surface area contributed by atoms with E-state index in [4.69, 9.17) is 9.47 Å². The highest BCUT2D eigenvalue weighted by atomic mass is 16.5. The molecule has 11 heteroatoms. The lowest BCUT2D eigenvalue weighted by atomic mass is 10.1. The van der Waals surface area contributed by atoms with Crippen molar-refractivity contribution in [2.45, 2.75) is 26.0 Å². The van der Waals surface area contributed by atoms with E-state index in [2.05, 4.69) is 15.1 Å². The van der Waals surface area contributed by atoms with Crippen molar-refractivity contribution in [3.8, 4) is 0 Å². The van der Waals surface area contributed by atoms with Crippen molar-refractivity contribution < 1.29 is 33.1 Å². The molecule has 1 unspecified atom stereocenters. The molecule has 1 aromatic heterocycles. The predicted molar refractivity (Wildman–Crippen MR) is 101 cm³/mol. The third kappa shape index (κ3) is 4.92. The lowest BCUT2D eigenvalue weighted by molar-refractivity contribution is -0.746. The van der Waals surface area contributed by atoms with Crippen molar-refractivity contribution in [2.24, 2.45) is 7.05 Å². The van der Waals surface area contributed by atoms with Gasteiger partial charge in [-0.3, -0.25) is 14.1 Å². The summed E-state index contributed by atoms with van der Waals surface area (Å²) in [5, 5.41) is 5.07. The van der Waals surface area contributed by atoms with Gasteiger partial charge in [-0.2, -0.15) is 0 Å². The monoisotopic (exact) mass is 419 g/mol. The number of hydrogen-bond acceptors (Lipinski definition) is 7. The first-order valence-corrected chi connectivity index (χ1v) is 9.42. The molecule has 1 aromatic carbocycles. The number of carbonyl (C=O) groups is 3. The van der Waals surface area contributed by atoms with E-state index in [-0.39, 0.29) is 37.8 Å². The molecule has 0 bridgehead atoms. The Morgan fingerprint density at radius 1 is 1.30 bits per heavy atom. The van der Waals surface area contributed by atoms with Crippen LogP contribution in [-0.4, -0.2) is 53.8 Å². The summed E-state index contributed by atoms with van der Waals surface area (Å²) >= 11 is 0. The number of aryl methyl sites for hydroxylation is 1. The standard InChI is InChI=1S/C19H22N4O7/c1-3-28-18(26)12-4-6-13(7-5-12)20-16(24)10-15-17(25)23(8-9-29-15)11-14-19(27)30-21-22(14)2/h4-7,15H,3,8-11H2,1-2H3,(H-,20,21,24,26,27)/p+1. The number of H-pyrrole nitrogens is 1. The van der Waals surface area contributed by atoms with Crippen molar-refractivity contribution in [1.82, 2.24) is 10.2 Å². The highest BCUT2D eigenvalue weighted by molar-refractivity contribution is 5.96. The van der Waals surface area contributed by atoms with Gasteiger partial charge >= 0.3 is 17.3 Å². The van der Waals surface area contributed by atoms with Crippen LogP contribution in [0.3, 0.4) is 0 Å². The molecule has 0 aliphatic carbocycles.